The van der Waals surface area contributed by atoms with Crippen molar-refractivity contribution in [1.82, 2.24) is 5.32 Å². The summed E-state index contributed by atoms with van der Waals surface area (Å²) >= 11 is 0. The maximum absolute atomic E-state index is 13.3. The van der Waals surface area contributed by atoms with Crippen LogP contribution in [0.25, 0.3) is 0 Å². The second kappa shape index (κ2) is 7.19. The second-order valence-electron chi connectivity index (χ2n) is 4.30. The number of carbonyl (C=O) groups is 2. The van der Waals surface area contributed by atoms with Crippen molar-refractivity contribution in [2.45, 2.75) is 6.61 Å². The lowest BCUT2D eigenvalue weighted by Crippen LogP contribution is -2.30. The van der Waals surface area contributed by atoms with Gasteiger partial charge in [0.25, 0.3) is 5.91 Å². The lowest BCUT2D eigenvalue weighted by atomic mass is 10.2. The van der Waals surface area contributed by atoms with Gasteiger partial charge in [-0.1, -0.05) is 36.4 Å². The largest absolute Gasteiger partial charge is 0.459 e. The van der Waals surface area contributed by atoms with Crippen molar-refractivity contribution < 1.29 is 18.7 Å². The van der Waals surface area contributed by atoms with Crippen LogP contribution in [-0.2, 0) is 16.1 Å². The average Bonchev–Trinajstić information content (AvgIpc) is 2.52. The Morgan fingerprint density at radius 1 is 1.00 bits per heavy atom. The van der Waals surface area contributed by atoms with Gasteiger partial charge in [-0.25, -0.2) is 4.39 Å². The fourth-order valence-corrected chi connectivity index (χ4v) is 1.67. The predicted molar refractivity (Wildman–Crippen MR) is 75.0 cm³/mol. The predicted octanol–water partition coefficient (Wildman–Crippen LogP) is 2.30. The van der Waals surface area contributed by atoms with Crippen molar-refractivity contribution in [3.63, 3.8) is 0 Å². The highest BCUT2D eigenvalue weighted by Gasteiger charge is 2.09. The highest BCUT2D eigenvalue weighted by atomic mass is 19.1. The van der Waals surface area contributed by atoms with Crippen LogP contribution in [0.1, 0.15) is 15.9 Å². The molecular weight excluding hydrogens is 273 g/mol. The molecule has 0 bridgehead atoms. The first kappa shape index (κ1) is 14.7. The Morgan fingerprint density at radius 2 is 1.67 bits per heavy atom. The van der Waals surface area contributed by atoms with Crippen molar-refractivity contribution in [3.05, 3.63) is 71.5 Å². The number of carbonyl (C=O) groups excluding carboxylic acids is 2. The average molecular weight is 287 g/mol. The van der Waals surface area contributed by atoms with Gasteiger partial charge in [0.2, 0.25) is 0 Å². The van der Waals surface area contributed by atoms with Gasteiger partial charge in [-0.15, -0.1) is 0 Å². The Morgan fingerprint density at radius 3 is 2.38 bits per heavy atom. The highest BCUT2D eigenvalue weighted by molar-refractivity contribution is 5.95. The summed E-state index contributed by atoms with van der Waals surface area (Å²) in [4.78, 5) is 23.2. The molecule has 2 aromatic rings. The number of amides is 1. The molecule has 2 aromatic carbocycles. The zero-order valence-electron chi connectivity index (χ0n) is 11.2. The molecule has 0 saturated heterocycles. The molecule has 5 heteroatoms. The summed E-state index contributed by atoms with van der Waals surface area (Å²) in [6.45, 7) is -0.422. The molecule has 0 radical (unpaired) electrons. The van der Waals surface area contributed by atoms with Gasteiger partial charge in [0, 0.05) is 11.1 Å². The van der Waals surface area contributed by atoms with Crippen LogP contribution in [0.15, 0.2) is 54.6 Å². The van der Waals surface area contributed by atoms with Crippen LogP contribution in [0.5, 0.6) is 0 Å². The number of nitrogens with one attached hydrogen (secondary N) is 1. The number of esters is 1. The monoisotopic (exact) mass is 287 g/mol. The normalized spacial score (nSPS) is 9.95. The van der Waals surface area contributed by atoms with Gasteiger partial charge in [-0.05, 0) is 18.2 Å². The number of hydrogen-bond acceptors (Lipinski definition) is 3. The molecule has 0 spiro atoms. The Balaban J connectivity index is 1.78. The fraction of sp³-hybridized carbons (Fsp3) is 0.125. The zero-order valence-corrected chi connectivity index (χ0v) is 11.2. The lowest BCUT2D eigenvalue weighted by Gasteiger charge is -2.07. The molecular formula is C16H14FNO3. The van der Waals surface area contributed by atoms with Crippen LogP contribution in [-0.4, -0.2) is 18.4 Å². The van der Waals surface area contributed by atoms with E-state index < -0.39 is 11.8 Å². The molecule has 0 fully saturated rings. The molecule has 0 unspecified atom stereocenters. The molecule has 108 valence electrons. The van der Waals surface area contributed by atoms with Crippen LogP contribution in [0.3, 0.4) is 0 Å². The highest BCUT2D eigenvalue weighted by Crippen LogP contribution is 2.07. The van der Waals surface area contributed by atoms with Gasteiger partial charge in [0.1, 0.15) is 19.0 Å². The van der Waals surface area contributed by atoms with E-state index in [1.54, 1.807) is 42.5 Å². The van der Waals surface area contributed by atoms with Crippen LogP contribution in [0, 0.1) is 5.82 Å². The lowest BCUT2D eigenvalue weighted by molar-refractivity contribution is -0.143. The van der Waals surface area contributed by atoms with Gasteiger partial charge in [-0.3, -0.25) is 9.59 Å². The van der Waals surface area contributed by atoms with Crippen molar-refractivity contribution in [2.24, 2.45) is 0 Å². The maximum Gasteiger partial charge on any atom is 0.325 e. The second-order valence-corrected chi connectivity index (χ2v) is 4.30. The Kier molecular flexibility index (Phi) is 5.04. The number of benzene rings is 2. The van der Waals surface area contributed by atoms with Crippen LogP contribution < -0.4 is 5.32 Å². The third-order valence-corrected chi connectivity index (χ3v) is 2.78. The fourth-order valence-electron chi connectivity index (χ4n) is 1.67. The van der Waals surface area contributed by atoms with Gasteiger partial charge in [0.05, 0.1) is 0 Å². The van der Waals surface area contributed by atoms with Crippen molar-refractivity contribution in [1.29, 1.82) is 0 Å². The summed E-state index contributed by atoms with van der Waals surface area (Å²) < 4.78 is 18.2. The molecule has 21 heavy (non-hydrogen) atoms. The molecule has 1 amide bonds. The maximum atomic E-state index is 13.3. The molecule has 0 aliphatic rings. The topological polar surface area (TPSA) is 55.4 Å². The van der Waals surface area contributed by atoms with Gasteiger partial charge in [-0.2, -0.15) is 0 Å². The number of ether oxygens (including phenoxy) is 1. The van der Waals surface area contributed by atoms with E-state index >= 15 is 0 Å². The molecule has 0 aromatic heterocycles. The first-order chi connectivity index (χ1) is 10.2. The van der Waals surface area contributed by atoms with E-state index in [0.29, 0.717) is 11.1 Å². The first-order valence-electron chi connectivity index (χ1n) is 6.39. The van der Waals surface area contributed by atoms with Crippen LogP contribution in [0.4, 0.5) is 4.39 Å². The van der Waals surface area contributed by atoms with Crippen molar-refractivity contribution in [3.8, 4) is 0 Å². The first-order valence-corrected chi connectivity index (χ1v) is 6.39. The molecule has 0 aliphatic heterocycles. The molecule has 0 heterocycles. The van der Waals surface area contributed by atoms with E-state index in [1.165, 1.54) is 12.1 Å². The molecule has 1 N–H and O–H groups in total. The number of halogens is 1. The SMILES string of the molecule is O=C(CNC(=O)c1ccccc1)OCc1ccccc1F. The van der Waals surface area contributed by atoms with Crippen LogP contribution in [0.2, 0.25) is 0 Å². The zero-order chi connectivity index (χ0) is 15.1. The summed E-state index contributed by atoms with van der Waals surface area (Å²) in [5, 5.41) is 2.44. The minimum atomic E-state index is -0.623. The summed E-state index contributed by atoms with van der Waals surface area (Å²) in [7, 11) is 0. The van der Waals surface area contributed by atoms with E-state index in [1.807, 2.05) is 0 Å². The molecule has 0 aliphatic carbocycles. The van der Waals surface area contributed by atoms with Crippen molar-refractivity contribution in [2.75, 3.05) is 6.54 Å². The summed E-state index contributed by atoms with van der Waals surface area (Å²) in [5.41, 5.74) is 0.750. The summed E-state index contributed by atoms with van der Waals surface area (Å²) in [5.74, 6) is -1.42. The quantitative estimate of drug-likeness (QED) is 0.858. The molecule has 4 nitrogen and oxygen atoms in total. The van der Waals surface area contributed by atoms with Gasteiger partial charge < -0.3 is 10.1 Å². The standard InChI is InChI=1S/C16H14FNO3/c17-14-9-5-4-8-13(14)11-21-15(19)10-18-16(20)12-6-2-1-3-7-12/h1-9H,10-11H2,(H,18,20). The summed E-state index contributed by atoms with van der Waals surface area (Å²) in [6, 6.07) is 14.6. The number of rotatable bonds is 5. The van der Waals surface area contributed by atoms with Gasteiger partial charge >= 0.3 is 5.97 Å². The Hall–Kier alpha value is -2.69. The molecule has 2 rings (SSSR count). The minimum absolute atomic E-state index is 0.160. The van der Waals surface area contributed by atoms with Crippen LogP contribution >= 0.6 is 0 Å². The minimum Gasteiger partial charge on any atom is -0.459 e. The van der Waals surface area contributed by atoms with E-state index in [0.717, 1.165) is 0 Å². The Bertz CT molecular complexity index is 628. The van der Waals surface area contributed by atoms with E-state index in [-0.39, 0.29) is 19.1 Å². The number of hydrogen-bond donors (Lipinski definition) is 1. The van der Waals surface area contributed by atoms with E-state index in [9.17, 15) is 14.0 Å². The van der Waals surface area contributed by atoms with E-state index in [2.05, 4.69) is 5.32 Å². The third kappa shape index (κ3) is 4.42. The molecule has 0 atom stereocenters. The Labute approximate surface area is 121 Å². The van der Waals surface area contributed by atoms with E-state index in [4.69, 9.17) is 4.74 Å². The third-order valence-electron chi connectivity index (χ3n) is 2.78. The van der Waals surface area contributed by atoms with Gasteiger partial charge in [0.15, 0.2) is 0 Å². The van der Waals surface area contributed by atoms with Crippen molar-refractivity contribution >= 4 is 11.9 Å². The summed E-state index contributed by atoms with van der Waals surface area (Å²) in [6.07, 6.45) is 0. The smallest absolute Gasteiger partial charge is 0.325 e. The molecule has 0 saturated carbocycles.